The van der Waals surface area contributed by atoms with E-state index in [4.69, 9.17) is 9.15 Å². The molecular weight excluding hydrogens is 350 g/mol. The highest BCUT2D eigenvalue weighted by atomic mass is 16.5. The summed E-state index contributed by atoms with van der Waals surface area (Å²) >= 11 is 0. The molecule has 140 valence electrons. The van der Waals surface area contributed by atoms with Gasteiger partial charge in [-0.15, -0.1) is 0 Å². The van der Waals surface area contributed by atoms with Crippen LogP contribution in [0.15, 0.2) is 89.3 Å². The fraction of sp³-hybridized carbons (Fsp3) is 0.125. The van der Waals surface area contributed by atoms with Crippen LogP contribution in [-0.4, -0.2) is 13.0 Å². The number of hydrogen-bond donors (Lipinski definition) is 1. The van der Waals surface area contributed by atoms with Gasteiger partial charge >= 0.3 is 0 Å². The number of furan rings is 1. The highest BCUT2D eigenvalue weighted by Gasteiger charge is 2.21. The van der Waals surface area contributed by atoms with Gasteiger partial charge < -0.3 is 14.5 Å². The third kappa shape index (κ3) is 3.82. The predicted molar refractivity (Wildman–Crippen MR) is 109 cm³/mol. The second-order valence-corrected chi connectivity index (χ2v) is 6.63. The maximum atomic E-state index is 12.9. The summed E-state index contributed by atoms with van der Waals surface area (Å²) < 4.78 is 11.2. The van der Waals surface area contributed by atoms with Crippen LogP contribution in [0, 0.1) is 0 Å². The molecule has 0 fully saturated rings. The second-order valence-electron chi connectivity index (χ2n) is 6.63. The van der Waals surface area contributed by atoms with Crippen molar-refractivity contribution in [2.45, 2.75) is 12.6 Å². The molecule has 1 unspecified atom stereocenters. The largest absolute Gasteiger partial charge is 0.459 e. The van der Waals surface area contributed by atoms with Crippen LogP contribution in [0.2, 0.25) is 0 Å². The number of carbonyl (C=O) groups is 1. The van der Waals surface area contributed by atoms with Gasteiger partial charge in [0.05, 0.1) is 6.61 Å². The summed E-state index contributed by atoms with van der Waals surface area (Å²) in [4.78, 5) is 12.9. The fourth-order valence-corrected chi connectivity index (χ4v) is 3.24. The predicted octanol–water partition coefficient (Wildman–Crippen LogP) is 5.10. The third-order valence-electron chi connectivity index (χ3n) is 4.66. The lowest BCUT2D eigenvalue weighted by atomic mass is 10.0. The Hall–Kier alpha value is -3.37. The summed E-state index contributed by atoms with van der Waals surface area (Å²) in [5.74, 6) is 0.551. The number of fused-ring (bicyclic) bond motifs is 1. The summed E-state index contributed by atoms with van der Waals surface area (Å²) in [6.07, 6.45) is 0. The summed E-state index contributed by atoms with van der Waals surface area (Å²) in [5.41, 5.74) is 3.38. The Morgan fingerprint density at radius 1 is 0.964 bits per heavy atom. The van der Waals surface area contributed by atoms with E-state index in [1.165, 1.54) is 0 Å². The minimum atomic E-state index is -0.375. The van der Waals surface area contributed by atoms with E-state index in [2.05, 4.69) is 5.32 Å². The Morgan fingerprint density at radius 2 is 1.68 bits per heavy atom. The lowest BCUT2D eigenvalue weighted by Gasteiger charge is -2.17. The standard InChI is InChI=1S/C24H21NO3/c1-27-16-17-11-13-19(14-12-17)24(26)25-23(18-7-3-2-4-8-18)22-15-20-9-5-6-10-21(20)28-22/h2-15,23H,16H2,1H3,(H,25,26). The molecule has 0 aliphatic rings. The third-order valence-corrected chi connectivity index (χ3v) is 4.66. The van der Waals surface area contributed by atoms with Gasteiger partial charge in [0.15, 0.2) is 0 Å². The Balaban J connectivity index is 1.65. The average Bonchev–Trinajstić information content (AvgIpc) is 3.17. The van der Waals surface area contributed by atoms with E-state index in [9.17, 15) is 4.79 Å². The molecule has 3 aromatic carbocycles. The van der Waals surface area contributed by atoms with Crippen molar-refractivity contribution in [3.8, 4) is 0 Å². The number of rotatable bonds is 6. The van der Waals surface area contributed by atoms with Gasteiger partial charge in [-0.05, 0) is 35.4 Å². The van der Waals surface area contributed by atoms with Crippen molar-refractivity contribution in [2.75, 3.05) is 7.11 Å². The van der Waals surface area contributed by atoms with Gasteiger partial charge in [-0.1, -0.05) is 60.7 Å². The summed E-state index contributed by atoms with van der Waals surface area (Å²) in [6.45, 7) is 0.521. The van der Waals surface area contributed by atoms with E-state index in [0.717, 1.165) is 22.1 Å². The van der Waals surface area contributed by atoms with Crippen molar-refractivity contribution < 1.29 is 13.9 Å². The Kier molecular flexibility index (Phi) is 5.22. The molecule has 1 atom stereocenters. The molecule has 0 spiro atoms. The van der Waals surface area contributed by atoms with E-state index >= 15 is 0 Å². The lowest BCUT2D eigenvalue weighted by molar-refractivity contribution is 0.0939. The smallest absolute Gasteiger partial charge is 0.252 e. The number of benzene rings is 3. The number of para-hydroxylation sites is 1. The Bertz CT molecular complexity index is 1030. The zero-order valence-corrected chi connectivity index (χ0v) is 15.6. The number of carbonyl (C=O) groups excluding carboxylic acids is 1. The molecule has 0 saturated carbocycles. The zero-order valence-electron chi connectivity index (χ0n) is 15.6. The normalized spacial score (nSPS) is 12.0. The fourth-order valence-electron chi connectivity index (χ4n) is 3.24. The maximum absolute atomic E-state index is 12.9. The van der Waals surface area contributed by atoms with Crippen LogP contribution in [0.1, 0.15) is 33.3 Å². The molecular formula is C24H21NO3. The summed E-state index contributed by atoms with van der Waals surface area (Å²) in [5, 5.41) is 4.13. The number of ether oxygens (including phenoxy) is 1. The molecule has 1 N–H and O–H groups in total. The van der Waals surface area contributed by atoms with Crippen LogP contribution in [-0.2, 0) is 11.3 Å². The van der Waals surface area contributed by atoms with E-state index < -0.39 is 0 Å². The highest BCUT2D eigenvalue weighted by Crippen LogP contribution is 2.28. The maximum Gasteiger partial charge on any atom is 0.252 e. The first-order valence-electron chi connectivity index (χ1n) is 9.17. The molecule has 0 aliphatic carbocycles. The SMILES string of the molecule is COCc1ccc(C(=O)NC(c2ccccc2)c2cc3ccccc3o2)cc1. The Labute approximate surface area is 163 Å². The van der Waals surface area contributed by atoms with Crippen LogP contribution in [0.5, 0.6) is 0 Å². The molecule has 0 radical (unpaired) electrons. The molecule has 28 heavy (non-hydrogen) atoms. The molecule has 4 rings (SSSR count). The lowest BCUT2D eigenvalue weighted by Crippen LogP contribution is -2.29. The molecule has 1 aromatic heterocycles. The molecule has 4 heteroatoms. The van der Waals surface area contributed by atoms with Crippen molar-refractivity contribution >= 4 is 16.9 Å². The van der Waals surface area contributed by atoms with E-state index in [-0.39, 0.29) is 11.9 Å². The molecule has 0 saturated heterocycles. The highest BCUT2D eigenvalue weighted by molar-refractivity contribution is 5.94. The minimum absolute atomic E-state index is 0.154. The number of amides is 1. The van der Waals surface area contributed by atoms with Crippen molar-refractivity contribution in [3.63, 3.8) is 0 Å². The van der Waals surface area contributed by atoms with Crippen molar-refractivity contribution in [3.05, 3.63) is 107 Å². The van der Waals surface area contributed by atoms with Crippen molar-refractivity contribution in [1.29, 1.82) is 0 Å². The molecule has 1 amide bonds. The first-order chi connectivity index (χ1) is 13.7. The van der Waals surface area contributed by atoms with Crippen LogP contribution in [0.4, 0.5) is 0 Å². The molecule has 4 nitrogen and oxygen atoms in total. The van der Waals surface area contributed by atoms with E-state index in [1.807, 2.05) is 84.9 Å². The molecule has 0 aliphatic heterocycles. The van der Waals surface area contributed by atoms with Crippen LogP contribution >= 0.6 is 0 Å². The first-order valence-corrected chi connectivity index (χ1v) is 9.17. The molecule has 0 bridgehead atoms. The average molecular weight is 371 g/mol. The van der Waals surface area contributed by atoms with Gasteiger partial charge in [-0.25, -0.2) is 0 Å². The van der Waals surface area contributed by atoms with E-state index in [1.54, 1.807) is 7.11 Å². The van der Waals surface area contributed by atoms with Crippen LogP contribution in [0.3, 0.4) is 0 Å². The van der Waals surface area contributed by atoms with Crippen molar-refractivity contribution in [2.24, 2.45) is 0 Å². The molecule has 1 heterocycles. The second kappa shape index (κ2) is 8.11. The summed E-state index contributed by atoms with van der Waals surface area (Å²) in [7, 11) is 1.65. The molecule has 4 aromatic rings. The van der Waals surface area contributed by atoms with Gasteiger partial charge in [0, 0.05) is 18.1 Å². The quantitative estimate of drug-likeness (QED) is 0.513. The van der Waals surface area contributed by atoms with Gasteiger partial charge in [-0.2, -0.15) is 0 Å². The monoisotopic (exact) mass is 371 g/mol. The van der Waals surface area contributed by atoms with Gasteiger partial charge in [0.2, 0.25) is 0 Å². The number of nitrogens with one attached hydrogen (secondary N) is 1. The zero-order chi connectivity index (χ0) is 19.3. The number of methoxy groups -OCH3 is 1. The van der Waals surface area contributed by atoms with Crippen molar-refractivity contribution in [1.82, 2.24) is 5.32 Å². The number of hydrogen-bond acceptors (Lipinski definition) is 3. The van der Waals surface area contributed by atoms with Crippen LogP contribution in [0.25, 0.3) is 11.0 Å². The summed E-state index contributed by atoms with van der Waals surface area (Å²) in [6, 6.07) is 26.7. The van der Waals surface area contributed by atoms with Crippen LogP contribution < -0.4 is 5.32 Å². The van der Waals surface area contributed by atoms with E-state index in [0.29, 0.717) is 17.9 Å². The Morgan fingerprint density at radius 3 is 2.39 bits per heavy atom. The van der Waals surface area contributed by atoms with Gasteiger partial charge in [0.1, 0.15) is 17.4 Å². The van der Waals surface area contributed by atoms with Gasteiger partial charge in [0.25, 0.3) is 5.91 Å². The minimum Gasteiger partial charge on any atom is -0.459 e. The first kappa shape index (κ1) is 18.0. The van der Waals surface area contributed by atoms with Gasteiger partial charge in [-0.3, -0.25) is 4.79 Å². The topological polar surface area (TPSA) is 51.5 Å².